The van der Waals surface area contributed by atoms with Crippen LogP contribution in [0.1, 0.15) is 35.4 Å². The average molecular weight is 494 g/mol. The Kier molecular flexibility index (Phi) is 6.82. The van der Waals surface area contributed by atoms with Gasteiger partial charge in [-0.3, -0.25) is 10.3 Å². The lowest BCUT2D eigenvalue weighted by molar-refractivity contribution is -0.0654. The molecule has 0 bridgehead atoms. The minimum Gasteiger partial charge on any atom is -0.481 e. The van der Waals surface area contributed by atoms with Crippen LogP contribution in [-0.2, 0) is 20.7 Å². The fraction of sp³-hybridized carbons (Fsp3) is 0.346. The highest BCUT2D eigenvalue weighted by atomic mass is 19.1. The molecule has 10 heteroatoms. The van der Waals surface area contributed by atoms with E-state index in [2.05, 4.69) is 20.4 Å². The van der Waals surface area contributed by atoms with Crippen molar-refractivity contribution in [1.82, 2.24) is 20.4 Å². The molecule has 3 atom stereocenters. The summed E-state index contributed by atoms with van der Waals surface area (Å²) in [6.07, 6.45) is 2.17. The van der Waals surface area contributed by atoms with Gasteiger partial charge in [-0.2, -0.15) is 0 Å². The average Bonchev–Trinajstić information content (AvgIpc) is 3.28. The van der Waals surface area contributed by atoms with Gasteiger partial charge in [0.25, 0.3) is 0 Å². The maximum atomic E-state index is 14.4. The number of pyridine rings is 1. The monoisotopic (exact) mass is 493 g/mol. The number of hydrogen-bond donors (Lipinski definition) is 2. The summed E-state index contributed by atoms with van der Waals surface area (Å²) in [5.74, 6) is 0.140. The molecule has 1 aromatic carbocycles. The number of fused-ring (bicyclic) bond motifs is 1. The Labute approximate surface area is 208 Å². The lowest BCUT2D eigenvalue weighted by Crippen LogP contribution is -2.27. The molecule has 1 saturated heterocycles. The topological polar surface area (TPSA) is 114 Å². The van der Waals surface area contributed by atoms with Crippen molar-refractivity contribution in [3.63, 3.8) is 0 Å². The lowest BCUT2D eigenvalue weighted by atomic mass is 9.83. The normalized spacial score (nSPS) is 21.1. The summed E-state index contributed by atoms with van der Waals surface area (Å²) in [5.41, 5.74) is 14.3. The van der Waals surface area contributed by atoms with Crippen LogP contribution in [-0.4, -0.2) is 47.7 Å². The second-order valence-corrected chi connectivity index (χ2v) is 8.75. The highest BCUT2D eigenvalue weighted by Crippen LogP contribution is 2.38. The first kappa shape index (κ1) is 24.1. The predicted molar refractivity (Wildman–Crippen MR) is 131 cm³/mol. The van der Waals surface area contributed by atoms with Gasteiger partial charge in [0.05, 0.1) is 36.5 Å². The van der Waals surface area contributed by atoms with E-state index in [1.165, 1.54) is 12.1 Å². The standard InChI is InChI=1S/C26H28FN5O4/c1-14-25-22(31-26(28)29-14)9-16(10-23(25)32-35-13-18-12-34-15(2)36-18)19-8-7-17(27)11-20(19)21-5-4-6-24(30-21)33-3/h4-8,10-11,15-16,18,32H,9,12-13H2,1-3H3,(H2,28,29,31)/t15?,16-,18-/m1/s1. The number of halogens is 1. The number of benzene rings is 1. The van der Waals surface area contributed by atoms with Crippen LogP contribution < -0.4 is 16.0 Å². The number of hydrogen-bond acceptors (Lipinski definition) is 9. The number of nitrogens with two attached hydrogens (primary N) is 1. The molecule has 0 spiro atoms. The summed E-state index contributed by atoms with van der Waals surface area (Å²) >= 11 is 0. The molecule has 0 radical (unpaired) electrons. The maximum Gasteiger partial charge on any atom is 0.220 e. The molecule has 3 aromatic rings. The van der Waals surface area contributed by atoms with Crippen LogP contribution in [0.25, 0.3) is 17.0 Å². The third-order valence-electron chi connectivity index (χ3n) is 6.21. The van der Waals surface area contributed by atoms with E-state index in [4.69, 9.17) is 24.8 Å². The Hall–Kier alpha value is -3.60. The van der Waals surface area contributed by atoms with Gasteiger partial charge in [-0.25, -0.2) is 19.3 Å². The number of methoxy groups -OCH3 is 1. The molecule has 1 fully saturated rings. The minimum atomic E-state index is -0.351. The summed E-state index contributed by atoms with van der Waals surface area (Å²) in [4.78, 5) is 19.2. The highest BCUT2D eigenvalue weighted by molar-refractivity contribution is 5.73. The van der Waals surface area contributed by atoms with Gasteiger partial charge in [0, 0.05) is 29.5 Å². The van der Waals surface area contributed by atoms with Gasteiger partial charge in [0.15, 0.2) is 6.29 Å². The van der Waals surface area contributed by atoms with E-state index in [1.807, 2.05) is 32.1 Å². The van der Waals surface area contributed by atoms with Gasteiger partial charge < -0.3 is 19.9 Å². The number of aromatic nitrogens is 3. The molecule has 9 nitrogen and oxygen atoms in total. The van der Waals surface area contributed by atoms with Gasteiger partial charge in [-0.15, -0.1) is 0 Å². The summed E-state index contributed by atoms with van der Waals surface area (Å²) in [5, 5.41) is 0. The van der Waals surface area contributed by atoms with Crippen LogP contribution in [0.5, 0.6) is 5.88 Å². The van der Waals surface area contributed by atoms with Crippen LogP contribution in [0.3, 0.4) is 0 Å². The zero-order chi connectivity index (χ0) is 25.2. The molecule has 3 heterocycles. The van der Waals surface area contributed by atoms with E-state index < -0.39 is 0 Å². The molecule has 188 valence electrons. The van der Waals surface area contributed by atoms with E-state index >= 15 is 0 Å². The number of anilines is 1. The first-order valence-corrected chi connectivity index (χ1v) is 11.7. The predicted octanol–water partition coefficient (Wildman–Crippen LogP) is 3.54. The van der Waals surface area contributed by atoms with Crippen molar-refractivity contribution in [2.24, 2.45) is 0 Å². The zero-order valence-electron chi connectivity index (χ0n) is 20.3. The van der Waals surface area contributed by atoms with Crippen molar-refractivity contribution in [2.45, 2.75) is 38.6 Å². The number of nitrogen functional groups attached to an aromatic ring is 1. The summed E-state index contributed by atoms with van der Waals surface area (Å²) in [7, 11) is 1.55. The summed E-state index contributed by atoms with van der Waals surface area (Å²) in [6, 6.07) is 10.1. The van der Waals surface area contributed by atoms with E-state index in [0.717, 1.165) is 22.5 Å². The molecular formula is C26H28FN5O4. The molecule has 1 unspecified atom stereocenters. The van der Waals surface area contributed by atoms with E-state index in [9.17, 15) is 4.39 Å². The van der Waals surface area contributed by atoms with E-state index in [1.54, 1.807) is 19.2 Å². The Morgan fingerprint density at radius 3 is 2.83 bits per heavy atom. The summed E-state index contributed by atoms with van der Waals surface area (Å²) in [6.45, 7) is 4.49. The number of nitrogens with one attached hydrogen (secondary N) is 1. The van der Waals surface area contributed by atoms with Gasteiger partial charge in [-0.1, -0.05) is 18.2 Å². The van der Waals surface area contributed by atoms with Crippen molar-refractivity contribution in [3.05, 3.63) is 70.8 Å². The second kappa shape index (κ2) is 10.2. The van der Waals surface area contributed by atoms with E-state index in [0.29, 0.717) is 42.5 Å². The summed E-state index contributed by atoms with van der Waals surface area (Å²) < 4.78 is 30.7. The van der Waals surface area contributed by atoms with Gasteiger partial charge in [0.1, 0.15) is 18.5 Å². The molecule has 0 saturated carbocycles. The molecule has 1 aliphatic heterocycles. The van der Waals surface area contributed by atoms with Gasteiger partial charge >= 0.3 is 0 Å². The largest absolute Gasteiger partial charge is 0.481 e. The second-order valence-electron chi connectivity index (χ2n) is 8.75. The number of aryl methyl sites for hydroxylation is 1. The van der Waals surface area contributed by atoms with Crippen molar-refractivity contribution in [1.29, 1.82) is 0 Å². The van der Waals surface area contributed by atoms with Crippen LogP contribution in [0.2, 0.25) is 0 Å². The molecule has 3 N–H and O–H groups in total. The molecule has 1 aliphatic carbocycles. The van der Waals surface area contributed by atoms with Crippen molar-refractivity contribution in [2.75, 3.05) is 26.1 Å². The fourth-order valence-electron chi connectivity index (χ4n) is 4.63. The first-order chi connectivity index (χ1) is 17.4. The Morgan fingerprint density at radius 2 is 2.06 bits per heavy atom. The molecule has 36 heavy (non-hydrogen) atoms. The molecule has 2 aromatic heterocycles. The SMILES string of the molecule is COc1cccc(-c2cc(F)ccc2[C@H]2C=C(NOC[C@H]3COC(C)O3)c3c(C)nc(N)nc3C2)n1. The lowest BCUT2D eigenvalue weighted by Gasteiger charge is -2.27. The van der Waals surface area contributed by atoms with Gasteiger partial charge in [0.2, 0.25) is 11.8 Å². The van der Waals surface area contributed by atoms with Crippen LogP contribution >= 0.6 is 0 Å². The third kappa shape index (κ3) is 5.01. The Bertz CT molecular complexity index is 1300. The quantitative estimate of drug-likeness (QED) is 0.477. The van der Waals surface area contributed by atoms with E-state index in [-0.39, 0.29) is 30.1 Å². The Balaban J connectivity index is 1.51. The van der Waals surface area contributed by atoms with Crippen molar-refractivity contribution < 1.29 is 23.4 Å². The smallest absolute Gasteiger partial charge is 0.220 e. The maximum absolute atomic E-state index is 14.4. The molecule has 0 amide bonds. The highest BCUT2D eigenvalue weighted by Gasteiger charge is 2.28. The van der Waals surface area contributed by atoms with Crippen LogP contribution in [0.4, 0.5) is 10.3 Å². The first-order valence-electron chi connectivity index (χ1n) is 11.7. The van der Waals surface area contributed by atoms with Crippen molar-refractivity contribution in [3.8, 4) is 17.1 Å². The fourth-order valence-corrected chi connectivity index (χ4v) is 4.63. The Morgan fingerprint density at radius 1 is 1.19 bits per heavy atom. The van der Waals surface area contributed by atoms with Crippen LogP contribution in [0.15, 0.2) is 42.5 Å². The number of rotatable bonds is 7. The van der Waals surface area contributed by atoms with Crippen molar-refractivity contribution >= 4 is 11.6 Å². The van der Waals surface area contributed by atoms with Gasteiger partial charge in [-0.05, 0) is 37.6 Å². The number of allylic oxidation sites excluding steroid dienone is 1. The van der Waals surface area contributed by atoms with Crippen LogP contribution in [0, 0.1) is 12.7 Å². The minimum absolute atomic E-state index is 0.160. The zero-order valence-corrected chi connectivity index (χ0v) is 20.3. The number of hydroxylamine groups is 1. The number of ether oxygens (including phenoxy) is 3. The molecular weight excluding hydrogens is 465 g/mol. The molecule has 5 rings (SSSR count). The third-order valence-corrected chi connectivity index (χ3v) is 6.21. The molecule has 2 aliphatic rings. The number of nitrogens with zero attached hydrogens (tertiary/aromatic N) is 3.